The maximum atomic E-state index is 11.4. The Bertz CT molecular complexity index is 278. The van der Waals surface area contributed by atoms with E-state index >= 15 is 0 Å². The molecule has 0 bridgehead atoms. The first-order valence-electron chi connectivity index (χ1n) is 4.67. The Morgan fingerprint density at radius 1 is 1.36 bits per heavy atom. The molecule has 0 saturated heterocycles. The van der Waals surface area contributed by atoms with Crippen molar-refractivity contribution in [3.05, 3.63) is 23.3 Å². The molecule has 1 N–H and O–H groups in total. The van der Waals surface area contributed by atoms with Crippen molar-refractivity contribution in [2.75, 3.05) is 13.2 Å². The Labute approximate surface area is 84.1 Å². The van der Waals surface area contributed by atoms with Crippen LogP contribution in [-0.4, -0.2) is 29.7 Å². The topological polar surface area (TPSA) is 46.5 Å². The largest absolute Gasteiger partial charge is 0.394 e. The number of Topliss-reactive ketones (excluding diaryl/α,β-unsaturated/α-hetero) is 1. The first-order chi connectivity index (χ1) is 6.48. The van der Waals surface area contributed by atoms with E-state index in [1.807, 2.05) is 6.92 Å². The third-order valence-corrected chi connectivity index (χ3v) is 2.23. The fourth-order valence-electron chi connectivity index (χ4n) is 1.69. The molecular formula is C11H16O3. The van der Waals surface area contributed by atoms with Gasteiger partial charge in [0.25, 0.3) is 0 Å². The van der Waals surface area contributed by atoms with Crippen LogP contribution in [0.3, 0.4) is 0 Å². The normalized spacial score (nSPS) is 20.4. The van der Waals surface area contributed by atoms with Gasteiger partial charge in [-0.2, -0.15) is 0 Å². The van der Waals surface area contributed by atoms with Crippen LogP contribution in [0.25, 0.3) is 0 Å². The van der Waals surface area contributed by atoms with E-state index in [4.69, 9.17) is 9.84 Å². The summed E-state index contributed by atoms with van der Waals surface area (Å²) in [5.41, 5.74) is 0.848. The maximum Gasteiger partial charge on any atom is 0.184 e. The van der Waals surface area contributed by atoms with Crippen molar-refractivity contribution in [1.29, 1.82) is 0 Å². The number of hydrogen-bond acceptors (Lipinski definition) is 3. The molecule has 1 aliphatic rings. The van der Waals surface area contributed by atoms with Gasteiger partial charge in [-0.15, -0.1) is 0 Å². The average Bonchev–Trinajstić information content (AvgIpc) is 2.11. The fourth-order valence-corrected chi connectivity index (χ4v) is 1.69. The summed E-state index contributed by atoms with van der Waals surface area (Å²) in [6, 6.07) is 0. The van der Waals surface area contributed by atoms with Crippen molar-refractivity contribution >= 4 is 5.78 Å². The molecule has 0 aliphatic heterocycles. The minimum atomic E-state index is -0.551. The van der Waals surface area contributed by atoms with E-state index in [-0.39, 0.29) is 19.0 Å². The number of allylic oxidation sites excluding steroid dienone is 2. The molecule has 1 aliphatic carbocycles. The van der Waals surface area contributed by atoms with E-state index in [1.165, 1.54) is 0 Å². The molecule has 3 nitrogen and oxygen atoms in total. The lowest BCUT2D eigenvalue weighted by Crippen LogP contribution is -2.30. The van der Waals surface area contributed by atoms with Crippen LogP contribution in [0.2, 0.25) is 0 Å². The second-order valence-electron chi connectivity index (χ2n) is 3.74. The quantitative estimate of drug-likeness (QED) is 0.738. The molecule has 1 rings (SSSR count). The van der Waals surface area contributed by atoms with Crippen LogP contribution in [0.15, 0.2) is 23.3 Å². The van der Waals surface area contributed by atoms with E-state index in [0.717, 1.165) is 0 Å². The molecule has 0 fully saturated rings. The Hall–Kier alpha value is -0.930. The first kappa shape index (κ1) is 11.1. The van der Waals surface area contributed by atoms with E-state index in [0.29, 0.717) is 11.1 Å². The van der Waals surface area contributed by atoms with Crippen LogP contribution in [-0.2, 0) is 9.53 Å². The summed E-state index contributed by atoms with van der Waals surface area (Å²) in [7, 11) is 0. The van der Waals surface area contributed by atoms with Crippen molar-refractivity contribution in [2.24, 2.45) is 0 Å². The monoisotopic (exact) mass is 196 g/mol. The van der Waals surface area contributed by atoms with E-state index in [9.17, 15) is 4.79 Å². The van der Waals surface area contributed by atoms with E-state index in [2.05, 4.69) is 0 Å². The minimum absolute atomic E-state index is 0.0106. The molecule has 0 spiro atoms. The van der Waals surface area contributed by atoms with Gasteiger partial charge in [-0.05, 0) is 44.1 Å². The molecule has 0 saturated carbocycles. The molecule has 0 amide bonds. The van der Waals surface area contributed by atoms with Gasteiger partial charge in [-0.3, -0.25) is 4.79 Å². The molecule has 0 atom stereocenters. The van der Waals surface area contributed by atoms with Crippen molar-refractivity contribution in [1.82, 2.24) is 0 Å². The van der Waals surface area contributed by atoms with E-state index < -0.39 is 5.60 Å². The standard InChI is InChI=1S/C11H16O3/c1-8-6-11(3,14-5-4-12)7-9(2)10(8)13/h6-7,12H,4-5H2,1-3H3. The zero-order valence-electron chi connectivity index (χ0n) is 8.83. The van der Waals surface area contributed by atoms with E-state index in [1.54, 1.807) is 26.0 Å². The van der Waals surface area contributed by atoms with Gasteiger partial charge in [0.05, 0.1) is 13.2 Å². The van der Waals surface area contributed by atoms with Crippen LogP contribution in [0, 0.1) is 0 Å². The third-order valence-electron chi connectivity index (χ3n) is 2.23. The lowest BCUT2D eigenvalue weighted by molar-refractivity contribution is -0.112. The molecule has 14 heavy (non-hydrogen) atoms. The second-order valence-corrected chi connectivity index (χ2v) is 3.74. The molecule has 0 radical (unpaired) electrons. The van der Waals surface area contributed by atoms with Crippen LogP contribution in [0.1, 0.15) is 20.8 Å². The molecule has 0 unspecified atom stereocenters. The third kappa shape index (κ3) is 2.30. The number of carbonyl (C=O) groups is 1. The van der Waals surface area contributed by atoms with Gasteiger partial charge in [-0.1, -0.05) is 0 Å². The lowest BCUT2D eigenvalue weighted by atomic mass is 9.89. The Kier molecular flexibility index (Phi) is 3.24. The van der Waals surface area contributed by atoms with Crippen LogP contribution < -0.4 is 0 Å². The Morgan fingerprint density at radius 2 is 1.86 bits per heavy atom. The molecule has 0 heterocycles. The van der Waals surface area contributed by atoms with Crippen LogP contribution >= 0.6 is 0 Å². The number of ketones is 1. The highest BCUT2D eigenvalue weighted by Gasteiger charge is 2.26. The van der Waals surface area contributed by atoms with Crippen molar-refractivity contribution in [2.45, 2.75) is 26.4 Å². The molecule has 0 aromatic carbocycles. The Balaban J connectivity index is 2.85. The lowest BCUT2D eigenvalue weighted by Gasteiger charge is -2.27. The summed E-state index contributed by atoms with van der Waals surface area (Å²) in [5, 5.41) is 8.66. The number of rotatable bonds is 3. The summed E-state index contributed by atoms with van der Waals surface area (Å²) >= 11 is 0. The highest BCUT2D eigenvalue weighted by atomic mass is 16.5. The summed E-state index contributed by atoms with van der Waals surface area (Å²) in [4.78, 5) is 11.4. The summed E-state index contributed by atoms with van der Waals surface area (Å²) in [6.45, 7) is 5.70. The molecule has 0 aromatic rings. The zero-order valence-corrected chi connectivity index (χ0v) is 8.83. The summed E-state index contributed by atoms with van der Waals surface area (Å²) in [5.74, 6) is 0.0649. The summed E-state index contributed by atoms with van der Waals surface area (Å²) in [6.07, 6.45) is 3.58. The van der Waals surface area contributed by atoms with Gasteiger partial charge >= 0.3 is 0 Å². The van der Waals surface area contributed by atoms with Gasteiger partial charge in [0, 0.05) is 0 Å². The highest BCUT2D eigenvalue weighted by Crippen LogP contribution is 2.25. The van der Waals surface area contributed by atoms with Gasteiger partial charge in [0.1, 0.15) is 5.60 Å². The minimum Gasteiger partial charge on any atom is -0.394 e. The van der Waals surface area contributed by atoms with Crippen LogP contribution in [0.5, 0.6) is 0 Å². The van der Waals surface area contributed by atoms with Gasteiger partial charge < -0.3 is 9.84 Å². The fraction of sp³-hybridized carbons (Fsp3) is 0.545. The first-order valence-corrected chi connectivity index (χ1v) is 4.67. The molecule has 3 heteroatoms. The predicted molar refractivity (Wildman–Crippen MR) is 54.0 cm³/mol. The van der Waals surface area contributed by atoms with Gasteiger partial charge in [-0.25, -0.2) is 0 Å². The highest BCUT2D eigenvalue weighted by molar-refractivity contribution is 6.08. The van der Waals surface area contributed by atoms with Crippen LogP contribution in [0.4, 0.5) is 0 Å². The number of hydrogen-bond donors (Lipinski definition) is 1. The number of aliphatic hydroxyl groups excluding tert-OH is 1. The molecule has 78 valence electrons. The van der Waals surface area contributed by atoms with Crippen molar-refractivity contribution < 1.29 is 14.6 Å². The number of carbonyl (C=O) groups excluding carboxylic acids is 1. The zero-order chi connectivity index (χ0) is 10.8. The maximum absolute atomic E-state index is 11.4. The number of ether oxygens (including phenoxy) is 1. The van der Waals surface area contributed by atoms with Gasteiger partial charge in [0.2, 0.25) is 0 Å². The second kappa shape index (κ2) is 4.07. The predicted octanol–water partition coefficient (Wildman–Crippen LogP) is 1.23. The van der Waals surface area contributed by atoms with Crippen molar-refractivity contribution in [3.63, 3.8) is 0 Å². The molecular weight excluding hydrogens is 180 g/mol. The Morgan fingerprint density at radius 3 is 2.29 bits per heavy atom. The SMILES string of the molecule is CC1=CC(C)(OCCO)C=C(C)C1=O. The van der Waals surface area contributed by atoms with Gasteiger partial charge in [0.15, 0.2) is 5.78 Å². The summed E-state index contributed by atoms with van der Waals surface area (Å²) < 4.78 is 5.45. The number of aliphatic hydroxyl groups is 1. The smallest absolute Gasteiger partial charge is 0.184 e. The molecule has 0 aromatic heterocycles. The average molecular weight is 196 g/mol. The van der Waals surface area contributed by atoms with Crippen molar-refractivity contribution in [3.8, 4) is 0 Å².